The lowest BCUT2D eigenvalue weighted by atomic mass is 9.95. The molecule has 0 bridgehead atoms. The Bertz CT molecular complexity index is 1110. The molecule has 2 aromatic heterocycles. The molecule has 2 heterocycles. The number of thiophene rings is 1. The summed E-state index contributed by atoms with van der Waals surface area (Å²) in [5.74, 6) is 0.775. The minimum Gasteiger partial charge on any atom is -0.497 e. The van der Waals surface area contributed by atoms with Gasteiger partial charge < -0.3 is 14.2 Å². The second-order valence-electron chi connectivity index (χ2n) is 8.78. The topological polar surface area (TPSA) is 64.4 Å². The maximum atomic E-state index is 13.5. The number of carbonyl (C=O) groups excluding carboxylic acids is 1. The fraction of sp³-hybridized carbons (Fsp3) is 0.435. The molecule has 1 amide bonds. The fourth-order valence-corrected chi connectivity index (χ4v) is 4.54. The Morgan fingerprint density at radius 2 is 1.90 bits per heavy atom. The highest BCUT2D eigenvalue weighted by Crippen LogP contribution is 2.29. The van der Waals surface area contributed by atoms with Crippen molar-refractivity contribution < 1.29 is 9.53 Å². The molecule has 0 radical (unpaired) electrons. The maximum Gasteiger partial charge on any atom is 0.264 e. The Labute approximate surface area is 181 Å². The minimum absolute atomic E-state index is 0.0408. The lowest BCUT2D eigenvalue weighted by molar-refractivity contribution is 0.0702. The van der Waals surface area contributed by atoms with E-state index in [-0.39, 0.29) is 16.9 Å². The lowest BCUT2D eigenvalue weighted by Crippen LogP contribution is -2.39. The van der Waals surface area contributed by atoms with Crippen LogP contribution in [0, 0.1) is 12.3 Å². The highest BCUT2D eigenvalue weighted by molar-refractivity contribution is 7.20. The van der Waals surface area contributed by atoms with E-state index < -0.39 is 0 Å². The van der Waals surface area contributed by atoms with Crippen LogP contribution < -0.4 is 10.3 Å². The number of hydrogen-bond acceptors (Lipinski definition) is 5. The fourth-order valence-electron chi connectivity index (χ4n) is 3.44. The zero-order valence-corrected chi connectivity index (χ0v) is 19.3. The van der Waals surface area contributed by atoms with Gasteiger partial charge in [-0.15, -0.1) is 11.3 Å². The van der Waals surface area contributed by atoms with E-state index in [9.17, 15) is 9.59 Å². The van der Waals surface area contributed by atoms with Crippen LogP contribution in [-0.2, 0) is 13.5 Å². The van der Waals surface area contributed by atoms with Crippen molar-refractivity contribution in [1.82, 2.24) is 14.5 Å². The molecule has 3 rings (SSSR count). The number of aromatic nitrogens is 2. The highest BCUT2D eigenvalue weighted by Gasteiger charge is 2.26. The number of rotatable bonds is 6. The van der Waals surface area contributed by atoms with Gasteiger partial charge in [-0.25, -0.2) is 4.98 Å². The summed E-state index contributed by atoms with van der Waals surface area (Å²) in [4.78, 5) is 33.5. The predicted octanol–water partition coefficient (Wildman–Crippen LogP) is 4.04. The van der Waals surface area contributed by atoms with Crippen LogP contribution in [0.1, 0.15) is 41.6 Å². The molecule has 0 saturated carbocycles. The summed E-state index contributed by atoms with van der Waals surface area (Å²) in [5.41, 5.74) is 1.70. The summed E-state index contributed by atoms with van der Waals surface area (Å²) < 4.78 is 6.67. The molecule has 1 aromatic carbocycles. The third-order valence-electron chi connectivity index (χ3n) is 4.99. The normalized spacial score (nSPS) is 11.7. The van der Waals surface area contributed by atoms with E-state index in [1.54, 1.807) is 14.2 Å². The van der Waals surface area contributed by atoms with E-state index in [1.165, 1.54) is 22.2 Å². The Kier molecular flexibility index (Phi) is 6.31. The molecule has 0 fully saturated rings. The first-order valence-corrected chi connectivity index (χ1v) is 10.8. The van der Waals surface area contributed by atoms with E-state index in [4.69, 9.17) is 4.74 Å². The molecule has 0 atom stereocenters. The summed E-state index contributed by atoms with van der Waals surface area (Å²) in [7, 11) is 3.32. The largest absolute Gasteiger partial charge is 0.497 e. The minimum atomic E-state index is -0.117. The van der Waals surface area contributed by atoms with Gasteiger partial charge in [0.2, 0.25) is 0 Å². The van der Waals surface area contributed by atoms with Gasteiger partial charge in [0, 0.05) is 20.1 Å². The number of fused-ring (bicyclic) bond motifs is 1. The molecular formula is C23H29N3O3S. The first kappa shape index (κ1) is 22.0. The zero-order chi connectivity index (χ0) is 22.1. The van der Waals surface area contributed by atoms with Crippen molar-refractivity contribution >= 4 is 27.5 Å². The van der Waals surface area contributed by atoms with Crippen LogP contribution >= 0.6 is 11.3 Å². The van der Waals surface area contributed by atoms with Crippen LogP contribution in [0.15, 0.2) is 35.4 Å². The first-order chi connectivity index (χ1) is 14.1. The number of hydrogen-bond donors (Lipinski definition) is 0. The molecule has 160 valence electrons. The van der Waals surface area contributed by atoms with Crippen LogP contribution in [0.5, 0.6) is 5.75 Å². The van der Waals surface area contributed by atoms with Gasteiger partial charge in [-0.1, -0.05) is 32.9 Å². The predicted molar refractivity (Wildman–Crippen MR) is 122 cm³/mol. The SMILES string of the molecule is COc1ccc(CCN(CC(C)(C)C)C(=O)c2sc3ncn(C)c(=O)c3c2C)cc1. The molecule has 0 N–H and O–H groups in total. The van der Waals surface area contributed by atoms with Crippen LogP contribution in [-0.4, -0.2) is 40.6 Å². The molecule has 7 heteroatoms. The quantitative estimate of drug-likeness (QED) is 0.595. The summed E-state index contributed by atoms with van der Waals surface area (Å²) in [6.45, 7) is 9.43. The number of aryl methyl sites for hydroxylation is 2. The van der Waals surface area contributed by atoms with Gasteiger partial charge in [0.05, 0.1) is 23.7 Å². The number of benzene rings is 1. The Morgan fingerprint density at radius 1 is 1.23 bits per heavy atom. The summed E-state index contributed by atoms with van der Waals surface area (Å²) in [6.07, 6.45) is 2.25. The van der Waals surface area contributed by atoms with E-state index in [2.05, 4.69) is 25.8 Å². The monoisotopic (exact) mass is 427 g/mol. The van der Waals surface area contributed by atoms with Gasteiger partial charge in [0.1, 0.15) is 10.6 Å². The smallest absolute Gasteiger partial charge is 0.264 e. The molecule has 6 nitrogen and oxygen atoms in total. The van der Waals surface area contributed by atoms with Crippen LogP contribution in [0.2, 0.25) is 0 Å². The van der Waals surface area contributed by atoms with Gasteiger partial charge in [-0.3, -0.25) is 9.59 Å². The van der Waals surface area contributed by atoms with Crippen molar-refractivity contribution in [2.45, 2.75) is 34.1 Å². The van der Waals surface area contributed by atoms with Crippen LogP contribution in [0.3, 0.4) is 0 Å². The Morgan fingerprint density at radius 3 is 2.50 bits per heavy atom. The average molecular weight is 428 g/mol. The molecule has 30 heavy (non-hydrogen) atoms. The van der Waals surface area contributed by atoms with Crippen molar-refractivity contribution in [3.05, 3.63) is 57.0 Å². The maximum absolute atomic E-state index is 13.5. The number of nitrogens with zero attached hydrogens (tertiary/aromatic N) is 3. The number of methoxy groups -OCH3 is 1. The van der Waals surface area contributed by atoms with Gasteiger partial charge in [0.15, 0.2) is 0 Å². The van der Waals surface area contributed by atoms with Gasteiger partial charge in [0.25, 0.3) is 11.5 Å². The van der Waals surface area contributed by atoms with E-state index in [1.807, 2.05) is 36.1 Å². The highest BCUT2D eigenvalue weighted by atomic mass is 32.1. The van der Waals surface area contributed by atoms with E-state index >= 15 is 0 Å². The van der Waals surface area contributed by atoms with Crippen molar-refractivity contribution in [2.75, 3.05) is 20.2 Å². The third-order valence-corrected chi connectivity index (χ3v) is 6.17. The summed E-state index contributed by atoms with van der Waals surface area (Å²) in [5, 5.41) is 0.541. The van der Waals surface area contributed by atoms with Crippen LogP contribution in [0.25, 0.3) is 10.2 Å². The van der Waals surface area contributed by atoms with E-state index in [0.717, 1.165) is 23.3 Å². The molecular weight excluding hydrogens is 398 g/mol. The molecule has 0 aliphatic rings. The van der Waals surface area contributed by atoms with Gasteiger partial charge in [-0.05, 0) is 42.0 Å². The number of amides is 1. The Hall–Kier alpha value is -2.67. The molecule has 0 aliphatic heterocycles. The summed E-state index contributed by atoms with van der Waals surface area (Å²) >= 11 is 1.30. The first-order valence-electron chi connectivity index (χ1n) is 9.97. The number of ether oxygens (including phenoxy) is 1. The summed E-state index contributed by atoms with van der Waals surface area (Å²) in [6, 6.07) is 7.92. The van der Waals surface area contributed by atoms with Crippen molar-refractivity contribution in [1.29, 1.82) is 0 Å². The third kappa shape index (κ3) is 4.73. The average Bonchev–Trinajstić information content (AvgIpc) is 3.04. The van der Waals surface area contributed by atoms with Crippen LogP contribution in [0.4, 0.5) is 0 Å². The molecule has 0 spiro atoms. The van der Waals surface area contributed by atoms with E-state index in [0.29, 0.717) is 28.2 Å². The van der Waals surface area contributed by atoms with Crippen molar-refractivity contribution in [2.24, 2.45) is 12.5 Å². The lowest BCUT2D eigenvalue weighted by Gasteiger charge is -2.30. The molecule has 0 saturated heterocycles. The van der Waals surface area contributed by atoms with Gasteiger partial charge >= 0.3 is 0 Å². The Balaban J connectivity index is 1.90. The van der Waals surface area contributed by atoms with Crippen molar-refractivity contribution in [3.8, 4) is 5.75 Å². The molecule has 0 aliphatic carbocycles. The molecule has 3 aromatic rings. The van der Waals surface area contributed by atoms with Crippen molar-refractivity contribution in [3.63, 3.8) is 0 Å². The zero-order valence-electron chi connectivity index (χ0n) is 18.5. The standard InChI is InChI=1S/C23H29N3O3S/c1-15-18-20(24-14-25(5)21(18)27)30-19(15)22(28)26(13-23(2,3)4)12-11-16-7-9-17(29-6)10-8-16/h7-10,14H,11-13H2,1-6H3. The second-order valence-corrected chi connectivity index (χ2v) is 9.78. The van der Waals surface area contributed by atoms with Gasteiger partial charge in [-0.2, -0.15) is 0 Å². The molecule has 0 unspecified atom stereocenters. The second kappa shape index (κ2) is 8.60. The number of carbonyl (C=O) groups is 1.